The lowest BCUT2D eigenvalue weighted by Crippen LogP contribution is -2.27. The van der Waals surface area contributed by atoms with Crippen LogP contribution in [0.25, 0.3) is 10.8 Å². The zero-order valence-corrected chi connectivity index (χ0v) is 16.6. The van der Waals surface area contributed by atoms with E-state index in [1.54, 1.807) is 30.3 Å². The maximum atomic E-state index is 12.5. The molecule has 0 unspecified atom stereocenters. The van der Waals surface area contributed by atoms with Gasteiger partial charge in [-0.1, -0.05) is 36.4 Å². The van der Waals surface area contributed by atoms with Crippen molar-refractivity contribution in [2.24, 2.45) is 0 Å². The molecule has 1 aliphatic rings. The Morgan fingerprint density at radius 3 is 2.59 bits per heavy atom. The number of carbonyl (C=O) groups excluding carboxylic acids is 2. The van der Waals surface area contributed by atoms with Crippen LogP contribution in [0.5, 0.6) is 0 Å². The van der Waals surface area contributed by atoms with Crippen LogP contribution in [0.15, 0.2) is 60.7 Å². The minimum atomic E-state index is -3.34. The molecule has 1 aliphatic heterocycles. The summed E-state index contributed by atoms with van der Waals surface area (Å²) in [4.78, 5) is 25.0. The molecule has 0 amide bonds. The number of carbonyl (C=O) groups is 2. The number of rotatable bonds is 5. The van der Waals surface area contributed by atoms with Gasteiger partial charge in [-0.05, 0) is 47.0 Å². The van der Waals surface area contributed by atoms with Crippen LogP contribution >= 0.6 is 0 Å². The molecule has 0 saturated carbocycles. The molecular weight excluding hydrogens is 390 g/mol. The number of anilines is 1. The smallest absolute Gasteiger partial charge is 0.339 e. The van der Waals surface area contributed by atoms with E-state index in [1.165, 1.54) is 4.31 Å². The van der Waals surface area contributed by atoms with E-state index in [9.17, 15) is 18.0 Å². The van der Waals surface area contributed by atoms with Crippen LogP contribution in [-0.2, 0) is 21.2 Å². The monoisotopic (exact) mass is 409 g/mol. The second kappa shape index (κ2) is 7.33. The normalized spacial score (nSPS) is 13.3. The molecular formula is C22H19NO5S. The summed E-state index contributed by atoms with van der Waals surface area (Å²) in [5, 5.41) is 1.69. The Hall–Kier alpha value is -3.19. The highest BCUT2D eigenvalue weighted by Crippen LogP contribution is 2.30. The summed E-state index contributed by atoms with van der Waals surface area (Å²) in [6.07, 6.45) is 1.70. The van der Waals surface area contributed by atoms with E-state index in [0.29, 0.717) is 29.8 Å². The molecule has 0 bridgehead atoms. The molecule has 3 aromatic rings. The average Bonchev–Trinajstić information content (AvgIpc) is 3.15. The number of esters is 1. The Bertz CT molecular complexity index is 1230. The molecule has 0 fully saturated rings. The molecule has 1 heterocycles. The van der Waals surface area contributed by atoms with Crippen molar-refractivity contribution >= 4 is 38.2 Å². The van der Waals surface area contributed by atoms with Gasteiger partial charge in [0, 0.05) is 12.1 Å². The summed E-state index contributed by atoms with van der Waals surface area (Å²) in [5.74, 6) is -0.890. The van der Waals surface area contributed by atoms with Gasteiger partial charge in [-0.15, -0.1) is 0 Å². The number of fused-ring (bicyclic) bond motifs is 2. The molecule has 0 atom stereocenters. The minimum absolute atomic E-state index is 0.334. The van der Waals surface area contributed by atoms with E-state index in [4.69, 9.17) is 4.74 Å². The number of ketones is 1. The van der Waals surface area contributed by atoms with E-state index < -0.39 is 16.0 Å². The summed E-state index contributed by atoms with van der Waals surface area (Å²) < 4.78 is 30.2. The van der Waals surface area contributed by atoms with Crippen molar-refractivity contribution in [3.63, 3.8) is 0 Å². The minimum Gasteiger partial charge on any atom is -0.454 e. The Kier molecular flexibility index (Phi) is 4.84. The largest absolute Gasteiger partial charge is 0.454 e. The molecule has 4 rings (SSSR count). The predicted molar refractivity (Wildman–Crippen MR) is 111 cm³/mol. The fourth-order valence-corrected chi connectivity index (χ4v) is 4.54. The van der Waals surface area contributed by atoms with Crippen LogP contribution in [0.1, 0.15) is 26.3 Å². The van der Waals surface area contributed by atoms with Gasteiger partial charge in [0.15, 0.2) is 12.4 Å². The van der Waals surface area contributed by atoms with Crippen LogP contribution < -0.4 is 4.31 Å². The Labute approximate surface area is 168 Å². The third-order valence-corrected chi connectivity index (χ3v) is 6.18. The van der Waals surface area contributed by atoms with E-state index in [-0.39, 0.29) is 12.4 Å². The topological polar surface area (TPSA) is 80.8 Å². The number of sulfonamides is 1. The van der Waals surface area contributed by atoms with Gasteiger partial charge < -0.3 is 4.74 Å². The van der Waals surface area contributed by atoms with Gasteiger partial charge in [0.2, 0.25) is 10.0 Å². The molecule has 148 valence electrons. The number of hydrogen-bond donors (Lipinski definition) is 0. The molecule has 0 radical (unpaired) electrons. The first kappa shape index (κ1) is 19.1. The SMILES string of the molecule is CS(=O)(=O)N1CCc2cc(C(=O)COC(=O)c3cccc4ccccc34)ccc21. The summed E-state index contributed by atoms with van der Waals surface area (Å²) in [5.41, 5.74) is 2.19. The third kappa shape index (κ3) is 3.73. The van der Waals surface area contributed by atoms with Crippen LogP contribution in [-0.4, -0.2) is 39.6 Å². The lowest BCUT2D eigenvalue weighted by atomic mass is 10.0. The van der Waals surface area contributed by atoms with Gasteiger partial charge in [-0.3, -0.25) is 9.10 Å². The molecule has 3 aromatic carbocycles. The highest BCUT2D eigenvalue weighted by Gasteiger charge is 2.27. The first-order valence-corrected chi connectivity index (χ1v) is 11.0. The number of benzene rings is 3. The third-order valence-electron chi connectivity index (χ3n) is 5.00. The lowest BCUT2D eigenvalue weighted by Gasteiger charge is -2.16. The van der Waals surface area contributed by atoms with Crippen molar-refractivity contribution in [2.75, 3.05) is 23.7 Å². The maximum Gasteiger partial charge on any atom is 0.339 e. The highest BCUT2D eigenvalue weighted by molar-refractivity contribution is 7.92. The molecule has 7 heteroatoms. The molecule has 0 aliphatic carbocycles. The van der Waals surface area contributed by atoms with Crippen molar-refractivity contribution < 1.29 is 22.7 Å². The van der Waals surface area contributed by atoms with Crippen LogP contribution in [0, 0.1) is 0 Å². The van der Waals surface area contributed by atoms with Gasteiger partial charge >= 0.3 is 5.97 Å². The van der Waals surface area contributed by atoms with E-state index in [2.05, 4.69) is 0 Å². The van der Waals surface area contributed by atoms with Crippen molar-refractivity contribution in [2.45, 2.75) is 6.42 Å². The van der Waals surface area contributed by atoms with Gasteiger partial charge in [-0.25, -0.2) is 13.2 Å². The Morgan fingerprint density at radius 1 is 1.03 bits per heavy atom. The van der Waals surface area contributed by atoms with Gasteiger partial charge in [0.1, 0.15) is 0 Å². The van der Waals surface area contributed by atoms with Crippen molar-refractivity contribution in [1.29, 1.82) is 0 Å². The second-order valence-electron chi connectivity index (χ2n) is 6.95. The van der Waals surface area contributed by atoms with Crippen molar-refractivity contribution in [3.05, 3.63) is 77.4 Å². The summed E-state index contributed by atoms with van der Waals surface area (Å²) in [7, 11) is -3.34. The Morgan fingerprint density at radius 2 is 1.79 bits per heavy atom. The first-order valence-electron chi connectivity index (χ1n) is 9.13. The van der Waals surface area contributed by atoms with Crippen molar-refractivity contribution in [1.82, 2.24) is 0 Å². The molecule has 0 aromatic heterocycles. The Balaban J connectivity index is 1.48. The first-order chi connectivity index (χ1) is 13.8. The van der Waals surface area contributed by atoms with Crippen LogP contribution in [0.4, 0.5) is 5.69 Å². The van der Waals surface area contributed by atoms with E-state index >= 15 is 0 Å². The highest BCUT2D eigenvalue weighted by atomic mass is 32.2. The average molecular weight is 409 g/mol. The molecule has 0 saturated heterocycles. The van der Waals surface area contributed by atoms with Gasteiger partial charge in [0.05, 0.1) is 17.5 Å². The summed E-state index contributed by atoms with van der Waals surface area (Å²) in [6, 6.07) is 17.7. The lowest BCUT2D eigenvalue weighted by molar-refractivity contribution is 0.0476. The second-order valence-corrected chi connectivity index (χ2v) is 8.86. The van der Waals surface area contributed by atoms with Gasteiger partial charge in [0.25, 0.3) is 0 Å². The van der Waals surface area contributed by atoms with Crippen molar-refractivity contribution in [3.8, 4) is 0 Å². The standard InChI is InChI=1S/C22H19NO5S/c1-29(26,27)23-12-11-16-13-17(9-10-20(16)23)21(24)14-28-22(25)19-8-4-6-15-5-2-3-7-18(15)19/h2-10,13H,11-12,14H2,1H3. The predicted octanol–water partition coefficient (Wildman–Crippen LogP) is 3.20. The summed E-state index contributed by atoms with van der Waals surface area (Å²) >= 11 is 0. The van der Waals surface area contributed by atoms with Crippen LogP contribution in [0.2, 0.25) is 0 Å². The molecule has 29 heavy (non-hydrogen) atoms. The van der Waals surface area contributed by atoms with E-state index in [0.717, 1.165) is 22.6 Å². The van der Waals surface area contributed by atoms with Gasteiger partial charge in [-0.2, -0.15) is 0 Å². The van der Waals surface area contributed by atoms with E-state index in [1.807, 2.05) is 30.3 Å². The summed E-state index contributed by atoms with van der Waals surface area (Å²) in [6.45, 7) is -0.0154. The zero-order chi connectivity index (χ0) is 20.6. The number of hydrogen-bond acceptors (Lipinski definition) is 5. The number of nitrogens with zero attached hydrogens (tertiary/aromatic N) is 1. The zero-order valence-electron chi connectivity index (χ0n) is 15.8. The molecule has 6 nitrogen and oxygen atoms in total. The fourth-order valence-electron chi connectivity index (χ4n) is 3.59. The number of Topliss-reactive ketones (excluding diaryl/α,β-unsaturated/α-hetero) is 1. The maximum absolute atomic E-state index is 12.5. The quantitative estimate of drug-likeness (QED) is 0.478. The van der Waals surface area contributed by atoms with Crippen LogP contribution in [0.3, 0.4) is 0 Å². The fraction of sp³-hybridized carbons (Fsp3) is 0.182. The number of ether oxygens (including phenoxy) is 1. The molecule has 0 N–H and O–H groups in total. The molecule has 0 spiro atoms.